The Balaban J connectivity index is 1.52. The van der Waals surface area contributed by atoms with Crippen molar-refractivity contribution in [2.75, 3.05) is 0 Å². The zero-order valence-corrected chi connectivity index (χ0v) is 23.5. The summed E-state index contributed by atoms with van der Waals surface area (Å²) in [6, 6.07) is 32.6. The Morgan fingerprint density at radius 3 is 1.12 bits per heavy atom. The summed E-state index contributed by atoms with van der Waals surface area (Å²) in [7, 11) is 0. The normalized spacial score (nSPS) is 15.3. The first-order valence-corrected chi connectivity index (χ1v) is 14.1. The summed E-state index contributed by atoms with van der Waals surface area (Å²) in [5, 5.41) is 0. The molecule has 0 radical (unpaired) electrons. The molecule has 0 aromatic heterocycles. The molecule has 7 nitrogen and oxygen atoms in total. The van der Waals surface area contributed by atoms with Crippen LogP contribution in [0.3, 0.4) is 0 Å². The highest BCUT2D eigenvalue weighted by molar-refractivity contribution is 6.24. The average molecular weight is 558 g/mol. The Morgan fingerprint density at radius 1 is 0.500 bits per heavy atom. The zero-order valence-electron chi connectivity index (χ0n) is 23.5. The first kappa shape index (κ1) is 27.3. The number of fused-ring (bicyclic) bond motifs is 2. The molecule has 6 rings (SSSR count). The van der Waals surface area contributed by atoms with E-state index in [1.54, 1.807) is 48.5 Å². The lowest BCUT2D eigenvalue weighted by Gasteiger charge is -2.45. The van der Waals surface area contributed by atoms with Crippen molar-refractivity contribution in [2.45, 2.75) is 39.1 Å². The van der Waals surface area contributed by atoms with E-state index in [0.717, 1.165) is 20.9 Å². The maximum atomic E-state index is 14.0. The summed E-state index contributed by atoms with van der Waals surface area (Å²) >= 11 is 0. The highest BCUT2D eigenvalue weighted by Crippen LogP contribution is 2.36. The van der Waals surface area contributed by atoms with Gasteiger partial charge in [-0.25, -0.2) is 0 Å². The van der Waals surface area contributed by atoms with Gasteiger partial charge in [-0.3, -0.25) is 33.9 Å². The van der Waals surface area contributed by atoms with Crippen molar-refractivity contribution in [3.63, 3.8) is 0 Å². The van der Waals surface area contributed by atoms with Crippen molar-refractivity contribution >= 4 is 23.6 Å². The van der Waals surface area contributed by atoms with E-state index < -0.39 is 35.8 Å². The van der Waals surface area contributed by atoms with Crippen molar-refractivity contribution in [2.24, 2.45) is 5.92 Å². The van der Waals surface area contributed by atoms with Gasteiger partial charge in [-0.1, -0.05) is 98.8 Å². The van der Waals surface area contributed by atoms with E-state index in [1.165, 1.54) is 0 Å². The van der Waals surface area contributed by atoms with Gasteiger partial charge >= 0.3 is 0 Å². The number of imide groups is 2. The molecule has 4 amide bonds. The molecule has 1 unspecified atom stereocenters. The van der Waals surface area contributed by atoms with Gasteiger partial charge in [-0.05, 0) is 41.3 Å². The second-order valence-corrected chi connectivity index (χ2v) is 11.1. The minimum atomic E-state index is -1.18. The quantitative estimate of drug-likeness (QED) is 0.249. The fraction of sp³-hybridized carbons (Fsp3) is 0.200. The molecule has 1 atom stereocenters. The van der Waals surface area contributed by atoms with E-state index in [1.807, 2.05) is 74.5 Å². The molecule has 0 spiro atoms. The molecule has 7 heteroatoms. The lowest BCUT2D eigenvalue weighted by atomic mass is 9.95. The van der Waals surface area contributed by atoms with Crippen molar-refractivity contribution < 1.29 is 19.2 Å². The highest BCUT2D eigenvalue weighted by atomic mass is 16.2. The summed E-state index contributed by atoms with van der Waals surface area (Å²) in [5.74, 6) is -2.22. The summed E-state index contributed by atoms with van der Waals surface area (Å²) in [4.78, 5) is 60.4. The third-order valence-corrected chi connectivity index (χ3v) is 8.05. The van der Waals surface area contributed by atoms with Crippen LogP contribution in [0.15, 0.2) is 109 Å². The number of nitrogens with zero attached hydrogens (tertiary/aromatic N) is 3. The van der Waals surface area contributed by atoms with Gasteiger partial charge in [0.25, 0.3) is 23.6 Å². The predicted octanol–water partition coefficient (Wildman–Crippen LogP) is 5.63. The largest absolute Gasteiger partial charge is 0.288 e. The van der Waals surface area contributed by atoms with Crippen molar-refractivity contribution in [1.82, 2.24) is 14.7 Å². The van der Waals surface area contributed by atoms with Crippen LogP contribution < -0.4 is 0 Å². The molecule has 0 saturated heterocycles. The third kappa shape index (κ3) is 4.72. The smallest absolute Gasteiger partial charge is 0.263 e. The van der Waals surface area contributed by atoms with Gasteiger partial charge in [-0.15, -0.1) is 0 Å². The second kappa shape index (κ2) is 11.2. The van der Waals surface area contributed by atoms with Gasteiger partial charge in [0.1, 0.15) is 6.17 Å². The molecule has 0 saturated carbocycles. The molecular weight excluding hydrogens is 526 g/mol. The standard InChI is InChI=1S/C35H31N3O4/c1-23(2)30(36(21-24-13-5-3-6-14-24)22-25-15-7-4-8-16-25)31(37-32(39)26-17-9-10-18-27(26)33(37)40)38-34(41)28-19-11-12-20-29(28)35(38)42/h3-20,23,30-31H,21-22H2,1-2H3. The molecule has 0 bridgehead atoms. The van der Waals surface area contributed by atoms with Crippen LogP contribution in [-0.4, -0.2) is 50.5 Å². The van der Waals surface area contributed by atoms with Gasteiger partial charge in [-0.2, -0.15) is 0 Å². The summed E-state index contributed by atoms with van der Waals surface area (Å²) in [6.07, 6.45) is -1.18. The highest BCUT2D eigenvalue weighted by Gasteiger charge is 2.53. The van der Waals surface area contributed by atoms with E-state index >= 15 is 0 Å². The molecule has 0 N–H and O–H groups in total. The topological polar surface area (TPSA) is 78.0 Å². The first-order chi connectivity index (χ1) is 20.4. The SMILES string of the molecule is CC(C)C(C(N1C(=O)c2ccccc2C1=O)N1C(=O)c2ccccc2C1=O)N(Cc1ccccc1)Cc1ccccc1. The third-order valence-electron chi connectivity index (χ3n) is 8.05. The summed E-state index contributed by atoms with van der Waals surface area (Å²) in [5.41, 5.74) is 3.13. The Labute approximate surface area is 245 Å². The molecule has 42 heavy (non-hydrogen) atoms. The molecule has 2 heterocycles. The number of amides is 4. The van der Waals surface area contributed by atoms with Crippen molar-refractivity contribution in [3.05, 3.63) is 143 Å². The van der Waals surface area contributed by atoms with Gasteiger partial charge in [0.2, 0.25) is 0 Å². The Hall–Kier alpha value is -4.88. The number of hydrogen-bond acceptors (Lipinski definition) is 5. The van der Waals surface area contributed by atoms with Gasteiger partial charge in [0, 0.05) is 13.1 Å². The molecule has 4 aromatic rings. The number of rotatable bonds is 9. The lowest BCUT2D eigenvalue weighted by Crippen LogP contribution is -2.64. The van der Waals surface area contributed by atoms with Crippen LogP contribution in [0.1, 0.15) is 66.4 Å². The number of carbonyl (C=O) groups excluding carboxylic acids is 4. The number of benzene rings is 4. The van der Waals surface area contributed by atoms with Crippen LogP contribution >= 0.6 is 0 Å². The van der Waals surface area contributed by atoms with Crippen LogP contribution in [0.2, 0.25) is 0 Å². The van der Waals surface area contributed by atoms with Crippen LogP contribution in [0.4, 0.5) is 0 Å². The monoisotopic (exact) mass is 557 g/mol. The Kier molecular flexibility index (Phi) is 7.27. The molecule has 4 aromatic carbocycles. The van der Waals surface area contributed by atoms with Crippen LogP contribution in [0.25, 0.3) is 0 Å². The fourth-order valence-electron chi connectivity index (χ4n) is 6.17. The van der Waals surface area contributed by atoms with E-state index in [9.17, 15) is 19.2 Å². The second-order valence-electron chi connectivity index (χ2n) is 11.1. The number of carbonyl (C=O) groups is 4. The van der Waals surface area contributed by atoms with E-state index in [-0.39, 0.29) is 28.2 Å². The molecule has 210 valence electrons. The van der Waals surface area contributed by atoms with E-state index in [2.05, 4.69) is 4.90 Å². The predicted molar refractivity (Wildman–Crippen MR) is 158 cm³/mol. The molecule has 2 aliphatic rings. The zero-order chi connectivity index (χ0) is 29.4. The maximum Gasteiger partial charge on any atom is 0.263 e. The van der Waals surface area contributed by atoms with Crippen LogP contribution in [0, 0.1) is 5.92 Å². The van der Waals surface area contributed by atoms with Crippen molar-refractivity contribution in [1.29, 1.82) is 0 Å². The molecule has 2 aliphatic heterocycles. The molecule has 0 fully saturated rings. The van der Waals surface area contributed by atoms with Crippen LogP contribution in [-0.2, 0) is 13.1 Å². The molecular formula is C35H31N3O4. The minimum absolute atomic E-state index is 0.170. The van der Waals surface area contributed by atoms with Crippen molar-refractivity contribution in [3.8, 4) is 0 Å². The minimum Gasteiger partial charge on any atom is -0.288 e. The van der Waals surface area contributed by atoms with E-state index in [0.29, 0.717) is 13.1 Å². The lowest BCUT2D eigenvalue weighted by molar-refractivity contribution is -0.0122. The Morgan fingerprint density at radius 2 is 0.810 bits per heavy atom. The number of hydrogen-bond donors (Lipinski definition) is 0. The fourth-order valence-corrected chi connectivity index (χ4v) is 6.17. The van der Waals surface area contributed by atoms with Gasteiger partial charge < -0.3 is 0 Å². The first-order valence-electron chi connectivity index (χ1n) is 14.1. The Bertz CT molecular complexity index is 1480. The summed E-state index contributed by atoms with van der Waals surface area (Å²) in [6.45, 7) is 4.94. The van der Waals surface area contributed by atoms with Gasteiger partial charge in [0.05, 0.1) is 28.3 Å². The van der Waals surface area contributed by atoms with E-state index in [4.69, 9.17) is 0 Å². The summed E-state index contributed by atoms with van der Waals surface area (Å²) < 4.78 is 0. The molecule has 0 aliphatic carbocycles. The maximum absolute atomic E-state index is 14.0. The van der Waals surface area contributed by atoms with Gasteiger partial charge in [0.15, 0.2) is 0 Å². The average Bonchev–Trinajstić information content (AvgIpc) is 3.41. The van der Waals surface area contributed by atoms with Crippen LogP contribution in [0.5, 0.6) is 0 Å².